The highest BCUT2D eigenvalue weighted by atomic mass is 16.6. The summed E-state index contributed by atoms with van der Waals surface area (Å²) in [6.07, 6.45) is 8.35. The molecular formula is C30H36N2O4. The van der Waals surface area contributed by atoms with Crippen LogP contribution in [0.4, 0.5) is 5.69 Å². The van der Waals surface area contributed by atoms with E-state index in [0.717, 1.165) is 46.7 Å². The number of methoxy groups -OCH3 is 1. The van der Waals surface area contributed by atoms with Crippen LogP contribution in [0.1, 0.15) is 79.5 Å². The molecule has 0 radical (unpaired) electrons. The lowest BCUT2D eigenvalue weighted by atomic mass is 9.94. The van der Waals surface area contributed by atoms with Crippen molar-refractivity contribution in [1.29, 1.82) is 0 Å². The first-order chi connectivity index (χ1) is 17.2. The summed E-state index contributed by atoms with van der Waals surface area (Å²) in [6.45, 7) is 7.67. The third kappa shape index (κ3) is 6.17. The zero-order valence-electron chi connectivity index (χ0n) is 21.8. The Balaban J connectivity index is 1.71. The van der Waals surface area contributed by atoms with Gasteiger partial charge >= 0.3 is 5.97 Å². The Hall–Kier alpha value is -3.54. The van der Waals surface area contributed by atoms with E-state index in [4.69, 9.17) is 14.2 Å². The van der Waals surface area contributed by atoms with Crippen LogP contribution in [0.2, 0.25) is 0 Å². The normalized spacial score (nSPS) is 14.8. The van der Waals surface area contributed by atoms with Crippen molar-refractivity contribution in [3.05, 3.63) is 83.2 Å². The number of hydrogen-bond acceptors (Lipinski definition) is 6. The number of hydrogen-bond donors (Lipinski definition) is 1. The number of nitrogens with one attached hydrogen (secondary N) is 1. The van der Waals surface area contributed by atoms with Crippen LogP contribution < -0.4 is 14.8 Å². The summed E-state index contributed by atoms with van der Waals surface area (Å²) in [4.78, 5) is 17.0. The van der Waals surface area contributed by atoms with Crippen LogP contribution in [0.3, 0.4) is 0 Å². The van der Waals surface area contributed by atoms with Crippen molar-refractivity contribution >= 4 is 11.7 Å². The van der Waals surface area contributed by atoms with Gasteiger partial charge in [-0.25, -0.2) is 4.79 Å². The van der Waals surface area contributed by atoms with E-state index in [-0.39, 0.29) is 18.1 Å². The van der Waals surface area contributed by atoms with E-state index in [1.807, 2.05) is 63.4 Å². The molecule has 0 bridgehead atoms. The molecule has 0 saturated heterocycles. The first-order valence-corrected chi connectivity index (χ1v) is 12.6. The number of esters is 1. The van der Waals surface area contributed by atoms with Crippen LogP contribution in [0.25, 0.3) is 0 Å². The van der Waals surface area contributed by atoms with E-state index < -0.39 is 5.60 Å². The van der Waals surface area contributed by atoms with Crippen LogP contribution in [0.15, 0.2) is 60.9 Å². The van der Waals surface area contributed by atoms with Crippen molar-refractivity contribution in [2.45, 2.75) is 71.1 Å². The Morgan fingerprint density at radius 3 is 2.53 bits per heavy atom. The molecule has 0 spiro atoms. The second-order valence-electron chi connectivity index (χ2n) is 10.3. The highest BCUT2D eigenvalue weighted by Gasteiger charge is 2.25. The van der Waals surface area contributed by atoms with Gasteiger partial charge in [0.05, 0.1) is 24.8 Å². The fourth-order valence-corrected chi connectivity index (χ4v) is 4.60. The van der Waals surface area contributed by atoms with Crippen molar-refractivity contribution in [1.82, 2.24) is 4.98 Å². The van der Waals surface area contributed by atoms with Crippen molar-refractivity contribution in [3.8, 4) is 11.5 Å². The molecule has 1 saturated carbocycles. The van der Waals surface area contributed by atoms with Gasteiger partial charge in [0.25, 0.3) is 0 Å². The van der Waals surface area contributed by atoms with Gasteiger partial charge in [0.15, 0.2) is 11.5 Å². The minimum Gasteiger partial charge on any atom is -0.493 e. The summed E-state index contributed by atoms with van der Waals surface area (Å²) in [7, 11) is 1.68. The average molecular weight is 489 g/mol. The summed E-state index contributed by atoms with van der Waals surface area (Å²) in [6, 6.07) is 15.2. The molecular weight excluding hydrogens is 452 g/mol. The monoisotopic (exact) mass is 488 g/mol. The maximum absolute atomic E-state index is 12.7. The van der Waals surface area contributed by atoms with E-state index in [0.29, 0.717) is 5.56 Å². The maximum atomic E-state index is 12.7. The number of ether oxygens (including phenoxy) is 3. The maximum Gasteiger partial charge on any atom is 0.338 e. The van der Waals surface area contributed by atoms with Gasteiger partial charge in [-0.15, -0.1) is 0 Å². The molecule has 6 heteroatoms. The van der Waals surface area contributed by atoms with Crippen molar-refractivity contribution in [2.75, 3.05) is 12.4 Å². The average Bonchev–Trinajstić information content (AvgIpc) is 3.37. The van der Waals surface area contributed by atoms with Crippen molar-refractivity contribution < 1.29 is 19.0 Å². The van der Waals surface area contributed by atoms with Gasteiger partial charge in [-0.05, 0) is 94.8 Å². The Morgan fingerprint density at radius 2 is 1.86 bits per heavy atom. The number of nitrogens with zero attached hydrogens (tertiary/aromatic N) is 1. The van der Waals surface area contributed by atoms with Gasteiger partial charge < -0.3 is 19.5 Å². The Labute approximate surface area is 214 Å². The summed E-state index contributed by atoms with van der Waals surface area (Å²) in [5, 5.41) is 3.62. The van der Waals surface area contributed by atoms with Gasteiger partial charge in [-0.1, -0.05) is 18.2 Å². The molecule has 1 atom stereocenters. The van der Waals surface area contributed by atoms with Crippen LogP contribution in [-0.4, -0.2) is 29.8 Å². The number of benzene rings is 2. The minimum atomic E-state index is -0.561. The van der Waals surface area contributed by atoms with Gasteiger partial charge in [-0.3, -0.25) is 4.98 Å². The van der Waals surface area contributed by atoms with Crippen LogP contribution in [-0.2, 0) is 4.74 Å². The first-order valence-electron chi connectivity index (χ1n) is 12.6. The SMILES string of the molecule is COc1ccc([C@H](Nc2cccc(C(=O)OC(C)(C)C)c2)c2cccnc2)c(C)c1OC1CCCC1. The third-order valence-electron chi connectivity index (χ3n) is 6.36. The smallest absolute Gasteiger partial charge is 0.338 e. The standard InChI is InChI=1S/C30H36N2O4/c1-20-25(15-16-26(34-5)28(20)35-24-13-6-7-14-24)27(22-11-9-17-31-19-22)32-23-12-8-10-21(18-23)29(33)36-30(2,3)4/h8-12,15-19,24,27,32H,6-7,13-14H2,1-5H3/t27-/m1/s1. The summed E-state index contributed by atoms with van der Waals surface area (Å²) < 4.78 is 17.7. The number of rotatable bonds is 8. The third-order valence-corrected chi connectivity index (χ3v) is 6.36. The van der Waals surface area contributed by atoms with Crippen LogP contribution in [0.5, 0.6) is 11.5 Å². The molecule has 1 N–H and O–H groups in total. The van der Waals surface area contributed by atoms with E-state index in [1.165, 1.54) is 12.8 Å². The molecule has 190 valence electrons. The number of carbonyl (C=O) groups is 1. The van der Waals surface area contributed by atoms with Gasteiger partial charge in [0.2, 0.25) is 0 Å². The molecule has 1 aromatic heterocycles. The molecule has 1 fully saturated rings. The predicted molar refractivity (Wildman–Crippen MR) is 142 cm³/mol. The number of anilines is 1. The van der Waals surface area contributed by atoms with E-state index in [1.54, 1.807) is 19.4 Å². The largest absolute Gasteiger partial charge is 0.493 e. The van der Waals surface area contributed by atoms with E-state index >= 15 is 0 Å². The minimum absolute atomic E-state index is 0.211. The Morgan fingerprint density at radius 1 is 1.08 bits per heavy atom. The second kappa shape index (κ2) is 11.0. The number of pyridine rings is 1. The van der Waals surface area contributed by atoms with Crippen LogP contribution in [0, 0.1) is 6.92 Å². The second-order valence-corrected chi connectivity index (χ2v) is 10.3. The first kappa shape index (κ1) is 25.5. The summed E-state index contributed by atoms with van der Waals surface area (Å²) in [5.41, 5.74) is 3.82. The molecule has 4 rings (SSSR count). The fraction of sp³-hybridized carbons (Fsp3) is 0.400. The zero-order chi connectivity index (χ0) is 25.7. The molecule has 36 heavy (non-hydrogen) atoms. The number of carbonyl (C=O) groups excluding carboxylic acids is 1. The summed E-state index contributed by atoms with van der Waals surface area (Å²) in [5.74, 6) is 1.18. The lowest BCUT2D eigenvalue weighted by molar-refractivity contribution is 0.00695. The van der Waals surface area contributed by atoms with Crippen molar-refractivity contribution in [2.24, 2.45) is 0 Å². The zero-order valence-corrected chi connectivity index (χ0v) is 21.8. The summed E-state index contributed by atoms with van der Waals surface area (Å²) >= 11 is 0. The van der Waals surface area contributed by atoms with E-state index in [2.05, 4.69) is 23.3 Å². The molecule has 3 aromatic rings. The van der Waals surface area contributed by atoms with Gasteiger partial charge in [0, 0.05) is 23.6 Å². The molecule has 0 aliphatic heterocycles. The highest BCUT2D eigenvalue weighted by Crippen LogP contribution is 2.40. The van der Waals surface area contributed by atoms with Gasteiger partial charge in [0.1, 0.15) is 5.60 Å². The lowest BCUT2D eigenvalue weighted by Crippen LogP contribution is -2.24. The van der Waals surface area contributed by atoms with E-state index in [9.17, 15) is 4.79 Å². The molecule has 0 unspecified atom stereocenters. The predicted octanol–water partition coefficient (Wildman–Crippen LogP) is 6.88. The fourth-order valence-electron chi connectivity index (χ4n) is 4.60. The molecule has 2 aromatic carbocycles. The molecule has 1 heterocycles. The molecule has 0 amide bonds. The van der Waals surface area contributed by atoms with Crippen LogP contribution >= 0.6 is 0 Å². The number of aromatic nitrogens is 1. The van der Waals surface area contributed by atoms with Gasteiger partial charge in [-0.2, -0.15) is 0 Å². The molecule has 1 aliphatic carbocycles. The molecule has 1 aliphatic rings. The Bertz CT molecular complexity index is 1180. The Kier molecular flexibility index (Phi) is 7.82. The highest BCUT2D eigenvalue weighted by molar-refractivity contribution is 5.90. The lowest BCUT2D eigenvalue weighted by Gasteiger charge is -2.26. The topological polar surface area (TPSA) is 69.7 Å². The van der Waals surface area contributed by atoms with Crippen molar-refractivity contribution in [3.63, 3.8) is 0 Å². The quantitative estimate of drug-likeness (QED) is 0.349. The molecule has 6 nitrogen and oxygen atoms in total.